The second-order valence-electron chi connectivity index (χ2n) is 5.14. The molecule has 0 radical (unpaired) electrons. The van der Waals surface area contributed by atoms with Crippen molar-refractivity contribution in [2.45, 2.75) is 39.0 Å². The topological polar surface area (TPSA) is 46.2 Å². The molecule has 0 aliphatic heterocycles. The minimum Gasteiger partial charge on any atom is -0.315 e. The summed E-state index contributed by atoms with van der Waals surface area (Å²) < 4.78 is 21.9. The molecule has 16 heavy (non-hydrogen) atoms. The lowest BCUT2D eigenvalue weighted by molar-refractivity contribution is 0.255. The number of rotatable bonds is 6. The van der Waals surface area contributed by atoms with Gasteiger partial charge in [-0.25, -0.2) is 8.42 Å². The molecule has 0 aromatic carbocycles. The summed E-state index contributed by atoms with van der Waals surface area (Å²) in [5, 5.41) is 3.28. The van der Waals surface area contributed by atoms with Crippen LogP contribution >= 0.6 is 0 Å². The van der Waals surface area contributed by atoms with Crippen molar-refractivity contribution in [1.82, 2.24) is 5.32 Å². The maximum absolute atomic E-state index is 10.9. The van der Waals surface area contributed by atoms with Gasteiger partial charge in [0, 0.05) is 12.8 Å². The maximum Gasteiger partial charge on any atom is 0.148 e. The first kappa shape index (κ1) is 14.0. The summed E-state index contributed by atoms with van der Waals surface area (Å²) in [6.45, 7) is 3.86. The average molecular weight is 247 g/mol. The summed E-state index contributed by atoms with van der Waals surface area (Å²) >= 11 is 0. The van der Waals surface area contributed by atoms with E-state index in [2.05, 4.69) is 12.2 Å². The van der Waals surface area contributed by atoms with Gasteiger partial charge in [0.25, 0.3) is 0 Å². The van der Waals surface area contributed by atoms with Crippen LogP contribution in [0.15, 0.2) is 0 Å². The summed E-state index contributed by atoms with van der Waals surface area (Å²) in [4.78, 5) is 0. The van der Waals surface area contributed by atoms with Crippen LogP contribution in [0.25, 0.3) is 0 Å². The first-order valence-electron chi connectivity index (χ1n) is 6.39. The van der Waals surface area contributed by atoms with Crippen LogP contribution in [0.4, 0.5) is 0 Å². The molecule has 2 atom stereocenters. The van der Waals surface area contributed by atoms with Crippen LogP contribution < -0.4 is 5.32 Å². The van der Waals surface area contributed by atoms with E-state index in [1.165, 1.54) is 38.4 Å². The second kappa shape index (κ2) is 6.60. The predicted octanol–water partition coefficient (Wildman–Crippen LogP) is 1.84. The monoisotopic (exact) mass is 247 g/mol. The number of nitrogens with one attached hydrogen (secondary N) is 1. The van der Waals surface area contributed by atoms with Crippen molar-refractivity contribution >= 4 is 9.84 Å². The smallest absolute Gasteiger partial charge is 0.148 e. The first-order valence-corrected chi connectivity index (χ1v) is 8.45. The van der Waals surface area contributed by atoms with Crippen LogP contribution in [-0.4, -0.2) is 33.5 Å². The summed E-state index contributed by atoms with van der Waals surface area (Å²) in [6, 6.07) is 0. The fraction of sp³-hybridized carbons (Fsp3) is 1.00. The van der Waals surface area contributed by atoms with Gasteiger partial charge in [-0.2, -0.15) is 0 Å². The Morgan fingerprint density at radius 2 is 1.94 bits per heavy atom. The molecular formula is C12H25NO2S. The molecule has 0 amide bonds. The summed E-state index contributed by atoms with van der Waals surface area (Å²) in [5.41, 5.74) is 0. The van der Waals surface area contributed by atoms with E-state index >= 15 is 0 Å². The zero-order valence-electron chi connectivity index (χ0n) is 10.5. The van der Waals surface area contributed by atoms with Crippen LogP contribution in [0, 0.1) is 11.8 Å². The SMILES string of the molecule is CCC1CCCC(CNCCS(C)(=O)=O)C1. The van der Waals surface area contributed by atoms with Gasteiger partial charge in [0.05, 0.1) is 5.75 Å². The van der Waals surface area contributed by atoms with E-state index in [-0.39, 0.29) is 5.75 Å². The van der Waals surface area contributed by atoms with Crippen LogP contribution in [0.3, 0.4) is 0 Å². The largest absolute Gasteiger partial charge is 0.315 e. The fourth-order valence-corrected chi connectivity index (χ4v) is 3.04. The summed E-state index contributed by atoms with van der Waals surface area (Å²) in [5.74, 6) is 1.92. The van der Waals surface area contributed by atoms with Crippen molar-refractivity contribution in [2.75, 3.05) is 25.1 Å². The minimum absolute atomic E-state index is 0.261. The third-order valence-electron chi connectivity index (χ3n) is 3.55. The Balaban J connectivity index is 2.13. The molecule has 4 heteroatoms. The third-order valence-corrected chi connectivity index (χ3v) is 4.50. The minimum atomic E-state index is -2.81. The molecule has 0 aromatic rings. The van der Waals surface area contributed by atoms with Crippen LogP contribution in [0.2, 0.25) is 0 Å². The van der Waals surface area contributed by atoms with Gasteiger partial charge in [-0.15, -0.1) is 0 Å². The molecule has 1 rings (SSSR count). The van der Waals surface area contributed by atoms with Gasteiger partial charge in [-0.05, 0) is 31.2 Å². The van der Waals surface area contributed by atoms with E-state index in [1.54, 1.807) is 0 Å². The van der Waals surface area contributed by atoms with E-state index in [1.807, 2.05) is 0 Å². The van der Waals surface area contributed by atoms with E-state index < -0.39 is 9.84 Å². The molecule has 96 valence electrons. The quantitative estimate of drug-likeness (QED) is 0.729. The molecule has 0 aromatic heterocycles. The van der Waals surface area contributed by atoms with Gasteiger partial charge in [0.1, 0.15) is 9.84 Å². The number of sulfone groups is 1. The summed E-state index contributed by atoms with van der Waals surface area (Å²) in [7, 11) is -2.81. The van der Waals surface area contributed by atoms with Crippen LogP contribution in [0.5, 0.6) is 0 Å². The van der Waals surface area contributed by atoms with Crippen molar-refractivity contribution in [3.05, 3.63) is 0 Å². The zero-order valence-corrected chi connectivity index (χ0v) is 11.4. The van der Waals surface area contributed by atoms with Gasteiger partial charge >= 0.3 is 0 Å². The Morgan fingerprint density at radius 3 is 2.56 bits per heavy atom. The molecule has 2 unspecified atom stereocenters. The van der Waals surface area contributed by atoms with Gasteiger partial charge < -0.3 is 5.32 Å². The molecule has 1 aliphatic carbocycles. The Hall–Kier alpha value is -0.0900. The normalized spacial score (nSPS) is 26.9. The maximum atomic E-state index is 10.9. The Morgan fingerprint density at radius 1 is 1.25 bits per heavy atom. The highest BCUT2D eigenvalue weighted by molar-refractivity contribution is 7.90. The molecular weight excluding hydrogens is 222 g/mol. The van der Waals surface area contributed by atoms with Crippen molar-refractivity contribution in [3.8, 4) is 0 Å². The molecule has 0 spiro atoms. The average Bonchev–Trinajstić information content (AvgIpc) is 2.23. The van der Waals surface area contributed by atoms with Crippen molar-refractivity contribution in [1.29, 1.82) is 0 Å². The van der Waals surface area contributed by atoms with Gasteiger partial charge in [-0.1, -0.05) is 26.2 Å². The first-order chi connectivity index (χ1) is 7.51. The zero-order chi connectivity index (χ0) is 12.0. The van der Waals surface area contributed by atoms with Crippen LogP contribution in [0.1, 0.15) is 39.0 Å². The summed E-state index contributed by atoms with van der Waals surface area (Å²) in [6.07, 6.45) is 7.94. The third kappa shape index (κ3) is 5.85. The molecule has 3 nitrogen and oxygen atoms in total. The lowest BCUT2D eigenvalue weighted by Gasteiger charge is -2.28. The highest BCUT2D eigenvalue weighted by Crippen LogP contribution is 2.30. The standard InChI is InChI=1S/C12H25NO2S/c1-3-11-5-4-6-12(9-11)10-13-7-8-16(2,14)15/h11-13H,3-10H2,1-2H3. The lowest BCUT2D eigenvalue weighted by Crippen LogP contribution is -2.30. The Kier molecular flexibility index (Phi) is 5.76. The number of hydrogen-bond acceptors (Lipinski definition) is 3. The second-order valence-corrected chi connectivity index (χ2v) is 7.40. The van der Waals surface area contributed by atoms with E-state index in [9.17, 15) is 8.42 Å². The number of hydrogen-bond donors (Lipinski definition) is 1. The van der Waals surface area contributed by atoms with Crippen molar-refractivity contribution in [2.24, 2.45) is 11.8 Å². The molecule has 1 aliphatic rings. The lowest BCUT2D eigenvalue weighted by atomic mass is 9.80. The molecule has 1 saturated carbocycles. The predicted molar refractivity (Wildman–Crippen MR) is 68.3 cm³/mol. The fourth-order valence-electron chi connectivity index (χ4n) is 2.52. The van der Waals surface area contributed by atoms with Gasteiger partial charge in [0.2, 0.25) is 0 Å². The van der Waals surface area contributed by atoms with E-state index in [0.29, 0.717) is 6.54 Å². The highest BCUT2D eigenvalue weighted by atomic mass is 32.2. The molecule has 0 heterocycles. The Labute approximate surface area is 99.9 Å². The van der Waals surface area contributed by atoms with Crippen molar-refractivity contribution in [3.63, 3.8) is 0 Å². The molecule has 1 N–H and O–H groups in total. The highest BCUT2D eigenvalue weighted by Gasteiger charge is 2.20. The Bertz CT molecular complexity index is 287. The molecule has 0 bridgehead atoms. The molecule has 0 saturated heterocycles. The van der Waals surface area contributed by atoms with Gasteiger partial charge in [-0.3, -0.25) is 0 Å². The van der Waals surface area contributed by atoms with Crippen molar-refractivity contribution < 1.29 is 8.42 Å². The van der Waals surface area contributed by atoms with Gasteiger partial charge in [0.15, 0.2) is 0 Å². The molecule has 1 fully saturated rings. The van der Waals surface area contributed by atoms with E-state index in [4.69, 9.17) is 0 Å². The van der Waals surface area contributed by atoms with Crippen LogP contribution in [-0.2, 0) is 9.84 Å². The van der Waals surface area contributed by atoms with E-state index in [0.717, 1.165) is 18.4 Å².